The topological polar surface area (TPSA) is 122 Å². The first-order valence-corrected chi connectivity index (χ1v) is 13.7. The maximum atomic E-state index is 12.7. The van der Waals surface area contributed by atoms with Gasteiger partial charge in [-0.25, -0.2) is 13.4 Å². The van der Waals surface area contributed by atoms with E-state index in [1.165, 1.54) is 12.1 Å². The lowest BCUT2D eigenvalue weighted by atomic mass is 10.1. The molecule has 196 valence electrons. The predicted molar refractivity (Wildman–Crippen MR) is 138 cm³/mol. The number of nitrogens with one attached hydrogen (secondary N) is 1. The largest absolute Gasteiger partial charge is 0.496 e. The molecule has 2 amide bonds. The summed E-state index contributed by atoms with van der Waals surface area (Å²) < 4.78 is 34.4. The number of ether oxygens (including phenoxy) is 1. The number of carbonyl (C=O) groups is 2. The molecule has 0 radical (unpaired) electrons. The maximum Gasteiger partial charge on any atom is 0.239 e. The number of nitrogens with zero attached hydrogens (tertiary/aromatic N) is 3. The molecule has 0 unspecified atom stereocenters. The monoisotopic (exact) mass is 526 g/mol. The van der Waals surface area contributed by atoms with E-state index in [0.29, 0.717) is 37.0 Å². The SMILES string of the molecule is COc1cc(N2CCC(=O)N(CC(=O)NCc3ccc(S(C)(=O)=O)cc3)CC2)ccc1-c1cnc(C)o1. The first kappa shape index (κ1) is 26.2. The van der Waals surface area contributed by atoms with E-state index in [9.17, 15) is 18.0 Å². The van der Waals surface area contributed by atoms with Gasteiger partial charge in [0.2, 0.25) is 11.8 Å². The Balaban J connectivity index is 1.35. The van der Waals surface area contributed by atoms with E-state index in [0.717, 1.165) is 23.1 Å². The summed E-state index contributed by atoms with van der Waals surface area (Å²) in [6.07, 6.45) is 3.09. The molecule has 2 heterocycles. The van der Waals surface area contributed by atoms with Crippen molar-refractivity contribution in [1.82, 2.24) is 15.2 Å². The van der Waals surface area contributed by atoms with E-state index in [-0.39, 0.29) is 36.2 Å². The van der Waals surface area contributed by atoms with Gasteiger partial charge in [-0.3, -0.25) is 9.59 Å². The molecule has 0 atom stereocenters. The molecule has 2 aromatic carbocycles. The maximum absolute atomic E-state index is 12.7. The zero-order valence-corrected chi connectivity index (χ0v) is 21.9. The number of methoxy groups -OCH3 is 1. The Morgan fingerprint density at radius 3 is 2.54 bits per heavy atom. The van der Waals surface area contributed by atoms with Gasteiger partial charge in [0.15, 0.2) is 21.5 Å². The number of oxazole rings is 1. The number of benzene rings is 2. The van der Waals surface area contributed by atoms with Crippen molar-refractivity contribution in [1.29, 1.82) is 0 Å². The first-order valence-electron chi connectivity index (χ1n) is 11.8. The van der Waals surface area contributed by atoms with Crippen LogP contribution in [0, 0.1) is 6.92 Å². The van der Waals surface area contributed by atoms with Gasteiger partial charge in [0.25, 0.3) is 0 Å². The molecule has 11 heteroatoms. The predicted octanol–water partition coefficient (Wildman–Crippen LogP) is 2.42. The Labute approximate surface area is 216 Å². The van der Waals surface area contributed by atoms with Crippen LogP contribution in [0.3, 0.4) is 0 Å². The Morgan fingerprint density at radius 2 is 1.89 bits per heavy atom. The molecule has 1 aromatic heterocycles. The van der Waals surface area contributed by atoms with Crippen LogP contribution in [0.25, 0.3) is 11.3 Å². The van der Waals surface area contributed by atoms with Gasteiger partial charge >= 0.3 is 0 Å². The van der Waals surface area contributed by atoms with Crippen LogP contribution >= 0.6 is 0 Å². The van der Waals surface area contributed by atoms with Gasteiger partial charge in [0.1, 0.15) is 5.75 Å². The van der Waals surface area contributed by atoms with Crippen LogP contribution in [0.5, 0.6) is 5.75 Å². The number of anilines is 1. The summed E-state index contributed by atoms with van der Waals surface area (Å²) in [6.45, 7) is 3.47. The van der Waals surface area contributed by atoms with E-state index >= 15 is 0 Å². The summed E-state index contributed by atoms with van der Waals surface area (Å²) >= 11 is 0. The standard InChI is InChI=1S/C26H30N4O6S/c1-18-27-16-24(36-18)22-9-6-20(14-23(22)35-2)29-11-10-26(32)30(13-12-29)17-25(31)28-15-19-4-7-21(8-5-19)37(3,33)34/h4-9,14,16H,10-13,15,17H2,1-3H3,(H,28,31). The van der Waals surface area contributed by atoms with Gasteiger partial charge < -0.3 is 24.3 Å². The average molecular weight is 527 g/mol. The molecule has 0 aliphatic carbocycles. The first-order chi connectivity index (χ1) is 17.6. The fourth-order valence-corrected chi connectivity index (χ4v) is 4.77. The van der Waals surface area contributed by atoms with Crippen molar-refractivity contribution in [2.24, 2.45) is 0 Å². The van der Waals surface area contributed by atoms with Crippen LogP contribution in [0.1, 0.15) is 17.9 Å². The van der Waals surface area contributed by atoms with Crippen LogP contribution in [0.4, 0.5) is 5.69 Å². The summed E-state index contributed by atoms with van der Waals surface area (Å²) in [4.78, 5) is 33.3. The van der Waals surface area contributed by atoms with Crippen LogP contribution in [0.2, 0.25) is 0 Å². The van der Waals surface area contributed by atoms with Gasteiger partial charge in [0.05, 0.1) is 30.3 Å². The number of amides is 2. The van der Waals surface area contributed by atoms with E-state index in [2.05, 4.69) is 15.2 Å². The van der Waals surface area contributed by atoms with Crippen molar-refractivity contribution in [2.75, 3.05) is 44.4 Å². The third-order valence-corrected chi connectivity index (χ3v) is 7.33. The van der Waals surface area contributed by atoms with Gasteiger partial charge in [-0.05, 0) is 29.8 Å². The summed E-state index contributed by atoms with van der Waals surface area (Å²) in [7, 11) is -1.68. The summed E-state index contributed by atoms with van der Waals surface area (Å²) in [5.74, 6) is 1.47. The number of aryl methyl sites for hydroxylation is 1. The highest BCUT2D eigenvalue weighted by atomic mass is 32.2. The van der Waals surface area contributed by atoms with E-state index < -0.39 is 9.84 Å². The van der Waals surface area contributed by atoms with Gasteiger partial charge in [0, 0.05) is 57.5 Å². The van der Waals surface area contributed by atoms with E-state index in [1.807, 2.05) is 18.2 Å². The zero-order valence-electron chi connectivity index (χ0n) is 21.1. The van der Waals surface area contributed by atoms with Crippen molar-refractivity contribution in [3.05, 3.63) is 60.1 Å². The fourth-order valence-electron chi connectivity index (χ4n) is 4.14. The number of carbonyl (C=O) groups excluding carboxylic acids is 2. The van der Waals surface area contributed by atoms with Crippen molar-refractivity contribution in [3.8, 4) is 17.1 Å². The van der Waals surface area contributed by atoms with Gasteiger partial charge in [-0.15, -0.1) is 0 Å². The molecular weight excluding hydrogens is 496 g/mol. The lowest BCUT2D eigenvalue weighted by Gasteiger charge is -2.24. The lowest BCUT2D eigenvalue weighted by Crippen LogP contribution is -2.41. The molecule has 0 bridgehead atoms. The van der Waals surface area contributed by atoms with Crippen LogP contribution in [-0.2, 0) is 26.0 Å². The van der Waals surface area contributed by atoms with E-state index in [4.69, 9.17) is 9.15 Å². The molecule has 3 aromatic rings. The quantitative estimate of drug-likeness (QED) is 0.475. The number of hydrogen-bond acceptors (Lipinski definition) is 8. The molecule has 1 saturated heterocycles. The molecule has 1 fully saturated rings. The minimum absolute atomic E-state index is 0.0405. The highest BCUT2D eigenvalue weighted by Gasteiger charge is 2.24. The van der Waals surface area contributed by atoms with Crippen molar-refractivity contribution in [2.45, 2.75) is 24.8 Å². The minimum Gasteiger partial charge on any atom is -0.496 e. The van der Waals surface area contributed by atoms with Crippen molar-refractivity contribution >= 4 is 27.3 Å². The second kappa shape index (κ2) is 11.0. The third-order valence-electron chi connectivity index (χ3n) is 6.20. The third kappa shape index (κ3) is 6.48. The second-order valence-electron chi connectivity index (χ2n) is 8.87. The van der Waals surface area contributed by atoms with E-state index in [1.54, 1.807) is 37.3 Å². The van der Waals surface area contributed by atoms with Gasteiger partial charge in [-0.1, -0.05) is 12.1 Å². The highest BCUT2D eigenvalue weighted by Crippen LogP contribution is 2.34. The smallest absolute Gasteiger partial charge is 0.239 e. The Hall–Kier alpha value is -3.86. The van der Waals surface area contributed by atoms with Crippen LogP contribution < -0.4 is 15.0 Å². The summed E-state index contributed by atoms with van der Waals surface area (Å²) in [6, 6.07) is 12.1. The zero-order chi connectivity index (χ0) is 26.6. The van der Waals surface area contributed by atoms with Gasteiger partial charge in [-0.2, -0.15) is 0 Å². The van der Waals surface area contributed by atoms with Crippen molar-refractivity contribution < 1.29 is 27.2 Å². The Kier molecular flexibility index (Phi) is 7.82. The number of hydrogen-bond donors (Lipinski definition) is 1. The number of rotatable bonds is 8. The van der Waals surface area contributed by atoms with Crippen molar-refractivity contribution in [3.63, 3.8) is 0 Å². The molecule has 1 aliphatic heterocycles. The Morgan fingerprint density at radius 1 is 1.14 bits per heavy atom. The molecular formula is C26H30N4O6S. The molecule has 1 N–H and O–H groups in total. The van der Waals surface area contributed by atoms with Crippen LogP contribution in [0.15, 0.2) is 58.0 Å². The average Bonchev–Trinajstić information content (AvgIpc) is 3.23. The lowest BCUT2D eigenvalue weighted by molar-refractivity contribution is -0.135. The summed E-state index contributed by atoms with van der Waals surface area (Å²) in [5, 5.41) is 2.80. The molecule has 4 rings (SSSR count). The number of aromatic nitrogens is 1. The molecule has 1 aliphatic rings. The molecule has 37 heavy (non-hydrogen) atoms. The molecule has 10 nitrogen and oxygen atoms in total. The second-order valence-corrected chi connectivity index (χ2v) is 10.9. The Bertz CT molecular complexity index is 1380. The highest BCUT2D eigenvalue weighted by molar-refractivity contribution is 7.90. The fraction of sp³-hybridized carbons (Fsp3) is 0.346. The molecule has 0 saturated carbocycles. The molecule has 0 spiro atoms. The number of sulfone groups is 1. The van der Waals surface area contributed by atoms with Crippen LogP contribution in [-0.4, -0.2) is 69.7 Å². The summed E-state index contributed by atoms with van der Waals surface area (Å²) in [5.41, 5.74) is 2.47. The normalized spacial score (nSPS) is 14.4. The minimum atomic E-state index is -3.27.